The zero-order valence-corrected chi connectivity index (χ0v) is 30.8. The molecule has 3 N–H and O–H groups in total. The monoisotopic (exact) mass is 729 g/mol. The van der Waals surface area contributed by atoms with Gasteiger partial charge in [-0.1, -0.05) is 26.8 Å². The molecule has 1 unspecified atom stereocenters. The number of nitrogens with zero attached hydrogens (tertiary/aromatic N) is 2. The van der Waals surface area contributed by atoms with Gasteiger partial charge >= 0.3 is 16.4 Å². The van der Waals surface area contributed by atoms with Crippen LogP contribution in [0.25, 0.3) is 10.8 Å². The highest BCUT2D eigenvalue weighted by atomic mass is 32.2. The van der Waals surface area contributed by atoms with Crippen LogP contribution in [0.4, 0.5) is 4.79 Å². The fourth-order valence-electron chi connectivity index (χ4n) is 6.03. The van der Waals surface area contributed by atoms with Gasteiger partial charge in [-0.3, -0.25) is 18.6 Å². The van der Waals surface area contributed by atoms with E-state index in [2.05, 4.69) is 22.2 Å². The largest absolute Gasteiger partial charge is 0.497 e. The summed E-state index contributed by atoms with van der Waals surface area (Å²) in [5.74, 6) is -1.93. The Morgan fingerprint density at radius 3 is 2.37 bits per heavy atom. The van der Waals surface area contributed by atoms with Crippen LogP contribution in [0.1, 0.15) is 67.2 Å². The molecule has 1 aliphatic heterocycles. The van der Waals surface area contributed by atoms with E-state index in [-0.39, 0.29) is 25.3 Å². The van der Waals surface area contributed by atoms with E-state index in [1.54, 1.807) is 73.0 Å². The van der Waals surface area contributed by atoms with Crippen molar-refractivity contribution in [3.05, 3.63) is 43.1 Å². The summed E-state index contributed by atoms with van der Waals surface area (Å²) >= 11 is 0. The second-order valence-electron chi connectivity index (χ2n) is 15.3. The number of likely N-dealkylation sites (tertiary alicyclic amines) is 1. The Hall–Kier alpha value is -4.44. The van der Waals surface area contributed by atoms with Gasteiger partial charge < -0.3 is 29.7 Å². The van der Waals surface area contributed by atoms with Gasteiger partial charge in [-0.15, -0.1) is 6.58 Å². The maximum absolute atomic E-state index is 14.4. The van der Waals surface area contributed by atoms with E-state index < -0.39 is 80.9 Å². The molecule has 2 aliphatic carbocycles. The van der Waals surface area contributed by atoms with Crippen molar-refractivity contribution in [1.29, 1.82) is 0 Å². The minimum absolute atomic E-state index is 0.00532. The average Bonchev–Trinajstić information content (AvgIpc) is 3.94. The molecule has 2 heterocycles. The number of benzene rings is 1. The lowest BCUT2D eigenvalue weighted by molar-refractivity contribution is -0.143. The first-order valence-electron chi connectivity index (χ1n) is 16.8. The number of carbonyl (C=O) groups excluding carboxylic acids is 4. The molecular formula is C35H47N5O10S. The maximum Gasteiger partial charge on any atom is 0.408 e. The van der Waals surface area contributed by atoms with Crippen LogP contribution in [-0.4, -0.2) is 91.2 Å². The van der Waals surface area contributed by atoms with Crippen molar-refractivity contribution in [2.45, 2.75) is 103 Å². The van der Waals surface area contributed by atoms with Crippen molar-refractivity contribution in [3.63, 3.8) is 0 Å². The van der Waals surface area contributed by atoms with Crippen molar-refractivity contribution in [1.82, 2.24) is 25.2 Å². The first-order chi connectivity index (χ1) is 23.7. The Kier molecular flexibility index (Phi) is 10.3. The molecule has 5 rings (SSSR count). The Morgan fingerprint density at radius 2 is 1.78 bits per heavy atom. The average molecular weight is 730 g/mol. The van der Waals surface area contributed by atoms with E-state index >= 15 is 0 Å². The number of methoxy groups -OCH3 is 1. The number of carbonyl (C=O) groups is 4. The first kappa shape index (κ1) is 37.8. The van der Waals surface area contributed by atoms with Crippen molar-refractivity contribution >= 4 is 44.9 Å². The van der Waals surface area contributed by atoms with E-state index in [0.29, 0.717) is 24.0 Å². The van der Waals surface area contributed by atoms with Crippen molar-refractivity contribution < 1.29 is 46.0 Å². The lowest BCUT2D eigenvalue weighted by Crippen LogP contribution is -2.60. The second kappa shape index (κ2) is 13.9. The van der Waals surface area contributed by atoms with Gasteiger partial charge in [0.05, 0.1) is 19.8 Å². The van der Waals surface area contributed by atoms with E-state index in [0.717, 1.165) is 5.39 Å². The third-order valence-corrected chi connectivity index (χ3v) is 9.85. The number of pyridine rings is 1. The maximum atomic E-state index is 14.4. The van der Waals surface area contributed by atoms with Crippen molar-refractivity contribution in [2.24, 2.45) is 11.3 Å². The summed E-state index contributed by atoms with van der Waals surface area (Å²) < 4.78 is 49.1. The number of nitrogens with one attached hydrogen (secondary N) is 3. The SMILES string of the molecule is C=CC1C[C@]1(NC(=O)[C@@H]1C[C@@H](Oc2nccc3cc(OC)ccc23)CN1C(=O)[C@@H](NC(=O)OC(C)(C)C)C(C)(C)C)C(=O)NS(=O)(=O)OC1CC1. The predicted octanol–water partition coefficient (Wildman–Crippen LogP) is 3.13. The fraction of sp³-hybridized carbons (Fsp3) is 0.571. The second-order valence-corrected chi connectivity index (χ2v) is 16.6. The molecule has 3 aliphatic rings. The smallest absolute Gasteiger partial charge is 0.408 e. The van der Waals surface area contributed by atoms with Crippen LogP contribution < -0.4 is 24.8 Å². The van der Waals surface area contributed by atoms with Gasteiger partial charge in [0, 0.05) is 23.9 Å². The van der Waals surface area contributed by atoms with Crippen molar-refractivity contribution in [3.8, 4) is 11.6 Å². The zero-order chi connectivity index (χ0) is 37.5. The van der Waals surface area contributed by atoms with E-state index in [4.69, 9.17) is 18.4 Å². The number of fused-ring (bicyclic) bond motifs is 1. The molecule has 0 bridgehead atoms. The molecule has 2 saturated carbocycles. The van der Waals surface area contributed by atoms with Gasteiger partial charge in [-0.25, -0.2) is 14.5 Å². The minimum atomic E-state index is -4.43. The zero-order valence-electron chi connectivity index (χ0n) is 30.0. The van der Waals surface area contributed by atoms with Gasteiger partial charge in [-0.05, 0) is 75.1 Å². The van der Waals surface area contributed by atoms with Crippen LogP contribution in [0.15, 0.2) is 43.1 Å². The molecule has 1 aromatic heterocycles. The lowest BCUT2D eigenvalue weighted by atomic mass is 9.85. The molecule has 4 amide bonds. The summed E-state index contributed by atoms with van der Waals surface area (Å²) in [6, 6.07) is 4.87. The van der Waals surface area contributed by atoms with E-state index in [1.165, 1.54) is 11.0 Å². The number of hydrogen-bond acceptors (Lipinski definition) is 11. The Bertz CT molecular complexity index is 1820. The third-order valence-electron chi connectivity index (χ3n) is 8.89. The summed E-state index contributed by atoms with van der Waals surface area (Å²) in [5, 5.41) is 6.89. The molecule has 15 nitrogen and oxygen atoms in total. The quantitative estimate of drug-likeness (QED) is 0.272. The highest BCUT2D eigenvalue weighted by Gasteiger charge is 2.62. The summed E-state index contributed by atoms with van der Waals surface area (Å²) in [6.07, 6.45) is 2.19. The van der Waals surface area contributed by atoms with Gasteiger partial charge in [0.2, 0.25) is 17.7 Å². The molecular weight excluding hydrogens is 682 g/mol. The number of ether oxygens (including phenoxy) is 3. The molecule has 278 valence electrons. The number of alkyl carbamates (subject to hydrolysis) is 1. The van der Waals surface area contributed by atoms with Gasteiger partial charge in [-0.2, -0.15) is 8.42 Å². The van der Waals surface area contributed by atoms with Crippen LogP contribution in [0, 0.1) is 11.3 Å². The topological polar surface area (TPSA) is 192 Å². The number of hydrogen-bond donors (Lipinski definition) is 3. The lowest BCUT2D eigenvalue weighted by Gasteiger charge is -2.36. The molecule has 16 heteroatoms. The highest BCUT2D eigenvalue weighted by molar-refractivity contribution is 7.85. The molecule has 1 aromatic carbocycles. The van der Waals surface area contributed by atoms with Crippen LogP contribution in [0.5, 0.6) is 11.6 Å². The van der Waals surface area contributed by atoms with Gasteiger partial charge in [0.1, 0.15) is 35.1 Å². The minimum Gasteiger partial charge on any atom is -0.497 e. The Labute approximate surface area is 298 Å². The van der Waals surface area contributed by atoms with E-state index in [9.17, 15) is 27.6 Å². The molecule has 51 heavy (non-hydrogen) atoms. The highest BCUT2D eigenvalue weighted by Crippen LogP contribution is 2.45. The third kappa shape index (κ3) is 8.90. The summed E-state index contributed by atoms with van der Waals surface area (Å²) in [5.41, 5.74) is -3.30. The molecule has 0 spiro atoms. The first-order valence-corrected chi connectivity index (χ1v) is 18.3. The molecule has 1 saturated heterocycles. The summed E-state index contributed by atoms with van der Waals surface area (Å²) in [6.45, 7) is 14.1. The van der Waals surface area contributed by atoms with Gasteiger partial charge in [0.15, 0.2) is 0 Å². The molecule has 3 fully saturated rings. The van der Waals surface area contributed by atoms with Crippen LogP contribution in [0.2, 0.25) is 0 Å². The van der Waals surface area contributed by atoms with Gasteiger partial charge in [0.25, 0.3) is 5.91 Å². The number of aromatic nitrogens is 1. The summed E-state index contributed by atoms with van der Waals surface area (Å²) in [4.78, 5) is 60.7. The van der Waals surface area contributed by atoms with Crippen molar-refractivity contribution in [2.75, 3.05) is 13.7 Å². The van der Waals surface area contributed by atoms with Crippen LogP contribution in [0.3, 0.4) is 0 Å². The standard InChI is InChI=1S/C35H47N5O10S/c1-9-21-18-35(21,31(43)39-51(45,46)50-22-10-11-22)38-28(41)26-17-24(48-29-25-13-12-23(47-8)16-20(25)14-15-36-29)19-40(26)30(42)27(33(2,3)4)37-32(44)49-34(5,6)7/h9,12-16,21-22,24,26-27H,1,10-11,17-19H2,2-8H3,(H,37,44)(H,38,41)(H,39,43)/t21?,24-,26+,27-,35-/m1/s1. The molecule has 5 atom stereocenters. The normalized spacial score (nSPS) is 23.9. The summed E-state index contributed by atoms with van der Waals surface area (Å²) in [7, 11) is -2.87. The van der Waals surface area contributed by atoms with Crippen LogP contribution >= 0.6 is 0 Å². The number of amides is 4. The number of rotatable bonds is 12. The van der Waals surface area contributed by atoms with Crippen LogP contribution in [-0.2, 0) is 33.6 Å². The van der Waals surface area contributed by atoms with E-state index in [1.807, 2.05) is 10.8 Å². The molecule has 0 radical (unpaired) electrons. The molecule has 2 aromatic rings. The Morgan fingerprint density at radius 1 is 1.08 bits per heavy atom. The fourth-order valence-corrected chi connectivity index (χ4v) is 7.04. The predicted molar refractivity (Wildman–Crippen MR) is 186 cm³/mol. The Balaban J connectivity index is 1.43.